The maximum absolute atomic E-state index is 7.48. The lowest BCUT2D eigenvalue weighted by molar-refractivity contribution is -0.168. The Balaban J connectivity index is 1.78. The number of rotatable bonds is 0. The molecule has 6 rings (SSSR count). The van der Waals surface area contributed by atoms with Crippen molar-refractivity contribution in [2.24, 2.45) is 0 Å². The van der Waals surface area contributed by atoms with Crippen LogP contribution in [0.3, 0.4) is 0 Å². The quantitative estimate of drug-likeness (QED) is 0.451. The first-order valence-corrected chi connectivity index (χ1v) is 10.9. The zero-order valence-electron chi connectivity index (χ0n) is 13.8. The van der Waals surface area contributed by atoms with Crippen molar-refractivity contribution in [3.05, 3.63) is 69.7 Å². The molecule has 138 valence electrons. The van der Waals surface area contributed by atoms with Crippen molar-refractivity contribution in [2.75, 3.05) is 13.2 Å². The summed E-state index contributed by atoms with van der Waals surface area (Å²) in [6, 6.07) is 16.4. The van der Waals surface area contributed by atoms with Crippen molar-refractivity contribution in [1.82, 2.24) is 0 Å². The van der Waals surface area contributed by atoms with Crippen LogP contribution in [0.15, 0.2) is 58.6 Å². The van der Waals surface area contributed by atoms with Crippen LogP contribution < -0.4 is 0 Å². The highest BCUT2D eigenvalue weighted by atomic mass is 35.5. The Morgan fingerprint density at radius 1 is 0.778 bits per heavy atom. The van der Waals surface area contributed by atoms with Gasteiger partial charge in [-0.05, 0) is 22.3 Å². The van der Waals surface area contributed by atoms with E-state index in [4.69, 9.17) is 55.9 Å². The molecule has 0 saturated carbocycles. The molecule has 2 aromatic carbocycles. The first-order chi connectivity index (χ1) is 12.9. The van der Waals surface area contributed by atoms with E-state index < -0.39 is 19.6 Å². The minimum absolute atomic E-state index is 0.292. The van der Waals surface area contributed by atoms with Crippen molar-refractivity contribution in [3.8, 4) is 11.1 Å². The zero-order valence-corrected chi connectivity index (χ0v) is 17.6. The third kappa shape index (κ3) is 1.56. The largest absolute Gasteiger partial charge is 0.343 e. The number of hydrogen-bond acceptors (Lipinski definition) is 3. The Morgan fingerprint density at radius 3 is 1.85 bits per heavy atom. The van der Waals surface area contributed by atoms with E-state index in [1.807, 2.05) is 24.3 Å². The number of fused-ring (bicyclic) bond motifs is 6. The summed E-state index contributed by atoms with van der Waals surface area (Å²) in [6.45, 7) is 0.772. The Hall–Kier alpha value is -0.390. The molecule has 2 saturated heterocycles. The third-order valence-corrected chi connectivity index (χ3v) is 10.7. The molecule has 2 aliphatic carbocycles. The van der Waals surface area contributed by atoms with Gasteiger partial charge >= 0.3 is 0 Å². The van der Waals surface area contributed by atoms with Crippen molar-refractivity contribution in [1.29, 1.82) is 0 Å². The van der Waals surface area contributed by atoms with Gasteiger partial charge in [-0.3, -0.25) is 0 Å². The van der Waals surface area contributed by atoms with Crippen molar-refractivity contribution in [3.63, 3.8) is 0 Å². The molecule has 2 aliphatic heterocycles. The lowest BCUT2D eigenvalue weighted by Crippen LogP contribution is -2.58. The predicted octanol–water partition coefficient (Wildman–Crippen LogP) is 6.02. The molecule has 2 heterocycles. The van der Waals surface area contributed by atoms with E-state index in [0.29, 0.717) is 23.3 Å². The molecule has 2 bridgehead atoms. The smallest absolute Gasteiger partial charge is 0.229 e. The minimum atomic E-state index is -1.34. The Labute approximate surface area is 180 Å². The summed E-state index contributed by atoms with van der Waals surface area (Å²) >= 11 is 29.6. The van der Waals surface area contributed by atoms with Crippen LogP contribution in [0.2, 0.25) is 0 Å². The molecule has 2 spiro atoms. The summed E-state index contributed by atoms with van der Waals surface area (Å²) in [6.07, 6.45) is 0. The topological polar surface area (TPSA) is 18.5 Å². The van der Waals surface area contributed by atoms with E-state index in [2.05, 4.69) is 24.3 Å². The van der Waals surface area contributed by atoms with E-state index in [1.54, 1.807) is 0 Å². The number of halogens is 4. The van der Waals surface area contributed by atoms with Gasteiger partial charge in [-0.25, -0.2) is 0 Å². The maximum atomic E-state index is 7.48. The van der Waals surface area contributed by atoms with Crippen LogP contribution >= 0.6 is 58.2 Å². The Bertz CT molecular complexity index is 1000. The summed E-state index contributed by atoms with van der Waals surface area (Å²) in [7, 11) is 0. The highest BCUT2D eigenvalue weighted by molar-refractivity contribution is 8.04. The average molecular weight is 458 g/mol. The van der Waals surface area contributed by atoms with Crippen LogP contribution in [0.1, 0.15) is 11.1 Å². The highest BCUT2D eigenvalue weighted by Gasteiger charge is 2.89. The second-order valence-corrected chi connectivity index (χ2v) is 10.6. The fourth-order valence-corrected chi connectivity index (χ4v) is 9.49. The molecule has 0 amide bonds. The molecule has 0 aromatic heterocycles. The lowest BCUT2D eigenvalue weighted by Gasteiger charge is -2.43. The lowest BCUT2D eigenvalue weighted by atomic mass is 9.79. The summed E-state index contributed by atoms with van der Waals surface area (Å²) in [5.41, 5.74) is 4.33. The number of alkyl halides is 2. The van der Waals surface area contributed by atoms with Crippen LogP contribution in [-0.2, 0) is 14.2 Å². The molecule has 7 heteroatoms. The van der Waals surface area contributed by atoms with Gasteiger partial charge in [-0.1, -0.05) is 83.3 Å². The Kier molecular flexibility index (Phi) is 3.36. The molecule has 2 nitrogen and oxygen atoms in total. The maximum Gasteiger partial charge on any atom is 0.229 e. The molecule has 0 N–H and O–H groups in total. The number of hydrogen-bond donors (Lipinski definition) is 0. The van der Waals surface area contributed by atoms with Gasteiger partial charge in [0.15, 0.2) is 9.08 Å². The van der Waals surface area contributed by atoms with Gasteiger partial charge in [0.1, 0.15) is 0 Å². The molecule has 27 heavy (non-hydrogen) atoms. The first-order valence-electron chi connectivity index (χ1n) is 8.55. The monoisotopic (exact) mass is 456 g/mol. The van der Waals surface area contributed by atoms with E-state index >= 15 is 0 Å². The SMILES string of the molecule is ClC1=C(Cl)[C@]2(Cl)SC3(c4ccccc4-c4ccccc43)[C@@]1(Cl)C21OCCO1. The highest BCUT2D eigenvalue weighted by Crippen LogP contribution is 2.84. The molecule has 2 fully saturated rings. The molecular weight excluding hydrogens is 446 g/mol. The normalized spacial score (nSPS) is 33.9. The number of benzene rings is 2. The van der Waals surface area contributed by atoms with E-state index in [0.717, 1.165) is 22.3 Å². The molecule has 0 radical (unpaired) electrons. The average Bonchev–Trinajstić information content (AvgIpc) is 3.36. The van der Waals surface area contributed by atoms with Gasteiger partial charge < -0.3 is 9.47 Å². The van der Waals surface area contributed by atoms with Crippen LogP contribution in [0, 0.1) is 0 Å². The van der Waals surface area contributed by atoms with E-state index in [-0.39, 0.29) is 0 Å². The fraction of sp³-hybridized carbons (Fsp3) is 0.300. The van der Waals surface area contributed by atoms with Gasteiger partial charge in [-0.15, -0.1) is 23.4 Å². The summed E-state index contributed by atoms with van der Waals surface area (Å²) < 4.78 is 10.3. The van der Waals surface area contributed by atoms with Crippen molar-refractivity contribution < 1.29 is 9.47 Å². The molecular formula is C20H12Cl4O2S. The third-order valence-electron chi connectivity index (χ3n) is 6.03. The summed E-state index contributed by atoms with van der Waals surface area (Å²) in [5, 5.41) is 0.591. The first kappa shape index (κ1) is 17.5. The fourth-order valence-electron chi connectivity index (χ4n) is 5.06. The Morgan fingerprint density at radius 2 is 1.30 bits per heavy atom. The van der Waals surface area contributed by atoms with Gasteiger partial charge in [0.25, 0.3) is 0 Å². The van der Waals surface area contributed by atoms with Crippen LogP contribution in [0.25, 0.3) is 11.1 Å². The zero-order chi connectivity index (χ0) is 18.7. The van der Waals surface area contributed by atoms with Gasteiger partial charge in [0.05, 0.1) is 28.0 Å². The van der Waals surface area contributed by atoms with Crippen LogP contribution in [0.4, 0.5) is 0 Å². The van der Waals surface area contributed by atoms with E-state index in [1.165, 1.54) is 11.8 Å². The second-order valence-electron chi connectivity index (χ2n) is 7.07. The molecule has 0 unspecified atom stereocenters. The van der Waals surface area contributed by atoms with Crippen LogP contribution in [0.5, 0.6) is 0 Å². The van der Waals surface area contributed by atoms with E-state index in [9.17, 15) is 0 Å². The van der Waals surface area contributed by atoms with Crippen molar-refractivity contribution >= 4 is 58.2 Å². The summed E-state index contributed by atoms with van der Waals surface area (Å²) in [4.78, 5) is -1.29. The summed E-state index contributed by atoms with van der Waals surface area (Å²) in [5.74, 6) is -1.34. The molecule has 2 atom stereocenters. The van der Waals surface area contributed by atoms with Crippen molar-refractivity contribution in [2.45, 2.75) is 19.6 Å². The molecule has 2 aromatic rings. The molecule has 4 aliphatic rings. The number of thioether (sulfide) groups is 1. The standard InChI is InChI=1S/C20H12Cl4O2S/c21-15-16(22)19(24)20(25-9-10-26-20)18(15,23)17(27-19)13-7-3-1-5-11(13)12-6-2-4-8-14(12)17/h1-8H,9-10H2/t18-,19+/m1/s1. The predicted molar refractivity (Wildman–Crippen MR) is 111 cm³/mol. The minimum Gasteiger partial charge on any atom is -0.343 e. The number of ether oxygens (including phenoxy) is 2. The van der Waals surface area contributed by atoms with Gasteiger partial charge in [-0.2, -0.15) is 0 Å². The van der Waals surface area contributed by atoms with Gasteiger partial charge in [0, 0.05) is 0 Å². The second kappa shape index (κ2) is 5.20. The van der Waals surface area contributed by atoms with Gasteiger partial charge in [0.2, 0.25) is 5.79 Å². The van der Waals surface area contributed by atoms with Crippen LogP contribution in [-0.4, -0.2) is 28.1 Å².